The molecule has 11 heteroatoms. The summed E-state index contributed by atoms with van der Waals surface area (Å²) in [6, 6.07) is -3.40. The molecule has 0 saturated heterocycles. The highest BCUT2D eigenvalue weighted by atomic mass is 16.4. The molecule has 0 aliphatic heterocycles. The van der Waals surface area contributed by atoms with E-state index < -0.39 is 42.0 Å². The van der Waals surface area contributed by atoms with Gasteiger partial charge in [0.05, 0.1) is 12.1 Å². The van der Waals surface area contributed by atoms with Gasteiger partial charge in [0.15, 0.2) is 5.96 Å². The molecule has 4 atom stereocenters. The number of guanidine groups is 1. The Balaban J connectivity index is 4.90. The molecule has 26 heavy (non-hydrogen) atoms. The highest BCUT2D eigenvalue weighted by Crippen LogP contribution is 2.03. The number of carbonyl (C=O) groups excluding carboxylic acids is 2. The molecule has 0 aromatic rings. The van der Waals surface area contributed by atoms with Crippen molar-refractivity contribution >= 4 is 23.7 Å². The lowest BCUT2D eigenvalue weighted by Gasteiger charge is -2.25. The van der Waals surface area contributed by atoms with Crippen LogP contribution in [0.25, 0.3) is 0 Å². The Labute approximate surface area is 152 Å². The van der Waals surface area contributed by atoms with Gasteiger partial charge in [-0.2, -0.15) is 0 Å². The van der Waals surface area contributed by atoms with Crippen LogP contribution in [0, 0.1) is 5.92 Å². The predicted octanol–water partition coefficient (Wildman–Crippen LogP) is -2.54. The minimum atomic E-state index is -1.33. The number of hydrogen-bond donors (Lipinski definition) is 7. The number of nitrogens with zero attached hydrogens (tertiary/aromatic N) is 1. The van der Waals surface area contributed by atoms with Gasteiger partial charge >= 0.3 is 5.97 Å². The van der Waals surface area contributed by atoms with Crippen molar-refractivity contribution in [3.05, 3.63) is 0 Å². The molecule has 0 fully saturated rings. The third-order valence-electron chi connectivity index (χ3n) is 3.64. The fourth-order valence-corrected chi connectivity index (χ4v) is 1.98. The first-order chi connectivity index (χ1) is 12.0. The summed E-state index contributed by atoms with van der Waals surface area (Å²) in [6.07, 6.45) is -0.850. The average Bonchev–Trinajstić information content (AvgIpc) is 2.53. The molecular weight excluding hydrogens is 344 g/mol. The van der Waals surface area contributed by atoms with E-state index in [4.69, 9.17) is 17.2 Å². The van der Waals surface area contributed by atoms with Crippen molar-refractivity contribution in [1.29, 1.82) is 0 Å². The second-order valence-electron chi connectivity index (χ2n) is 6.34. The van der Waals surface area contributed by atoms with Crippen molar-refractivity contribution in [2.75, 3.05) is 6.54 Å². The summed E-state index contributed by atoms with van der Waals surface area (Å²) < 4.78 is 0. The molecule has 0 aliphatic rings. The zero-order chi connectivity index (χ0) is 20.4. The Morgan fingerprint density at radius 3 is 2.08 bits per heavy atom. The van der Waals surface area contributed by atoms with Crippen molar-refractivity contribution < 1.29 is 24.6 Å². The Hall–Kier alpha value is -2.40. The molecule has 0 bridgehead atoms. The van der Waals surface area contributed by atoms with Crippen LogP contribution in [-0.2, 0) is 14.4 Å². The summed E-state index contributed by atoms with van der Waals surface area (Å²) in [4.78, 5) is 39.4. The topological polar surface area (TPSA) is 206 Å². The molecule has 4 unspecified atom stereocenters. The Morgan fingerprint density at radius 2 is 1.65 bits per heavy atom. The summed E-state index contributed by atoms with van der Waals surface area (Å²) in [5, 5.41) is 23.6. The molecule has 0 rings (SSSR count). The molecule has 0 heterocycles. The van der Waals surface area contributed by atoms with Gasteiger partial charge < -0.3 is 38.0 Å². The first-order valence-electron chi connectivity index (χ1n) is 8.30. The van der Waals surface area contributed by atoms with Gasteiger partial charge in [-0.25, -0.2) is 4.79 Å². The zero-order valence-electron chi connectivity index (χ0n) is 15.3. The standard InChI is InChI=1S/C15H30N6O5/c1-7(2)10(16)12(23)21-11(8(3)22)13(24)20-9(14(25)26)5-4-6-19-15(17)18/h7-11,22H,4-6,16H2,1-3H3,(H,20,24)(H,21,23)(H,25,26)(H4,17,18,19). The zero-order valence-corrected chi connectivity index (χ0v) is 15.3. The summed E-state index contributed by atoms with van der Waals surface area (Å²) in [7, 11) is 0. The van der Waals surface area contributed by atoms with Crippen LogP contribution in [-0.4, -0.2) is 64.7 Å². The van der Waals surface area contributed by atoms with Crippen LogP contribution in [0.5, 0.6) is 0 Å². The predicted molar refractivity (Wildman–Crippen MR) is 95.9 cm³/mol. The molecular formula is C15H30N6O5. The second-order valence-corrected chi connectivity index (χ2v) is 6.34. The van der Waals surface area contributed by atoms with Crippen LogP contribution in [0.2, 0.25) is 0 Å². The molecule has 2 amide bonds. The van der Waals surface area contributed by atoms with Gasteiger partial charge in [0.2, 0.25) is 11.8 Å². The van der Waals surface area contributed by atoms with E-state index in [2.05, 4.69) is 15.6 Å². The third kappa shape index (κ3) is 8.62. The highest BCUT2D eigenvalue weighted by Gasteiger charge is 2.31. The number of aliphatic imine (C=N–C) groups is 1. The number of carboxylic acids is 1. The maximum atomic E-state index is 12.3. The van der Waals surface area contributed by atoms with Crippen molar-refractivity contribution in [3.63, 3.8) is 0 Å². The molecule has 0 aromatic carbocycles. The number of nitrogens with one attached hydrogen (secondary N) is 2. The molecule has 0 radical (unpaired) electrons. The van der Waals surface area contributed by atoms with Gasteiger partial charge in [-0.05, 0) is 25.7 Å². The van der Waals surface area contributed by atoms with Crippen LogP contribution in [0.15, 0.2) is 4.99 Å². The quantitative estimate of drug-likeness (QED) is 0.116. The highest BCUT2D eigenvalue weighted by molar-refractivity contribution is 5.92. The number of amides is 2. The van der Waals surface area contributed by atoms with Crippen LogP contribution in [0.3, 0.4) is 0 Å². The van der Waals surface area contributed by atoms with Gasteiger partial charge in [-0.3, -0.25) is 14.6 Å². The van der Waals surface area contributed by atoms with E-state index in [0.29, 0.717) is 6.42 Å². The van der Waals surface area contributed by atoms with Crippen molar-refractivity contribution in [2.24, 2.45) is 28.1 Å². The van der Waals surface area contributed by atoms with Gasteiger partial charge in [-0.15, -0.1) is 0 Å². The summed E-state index contributed by atoms with van der Waals surface area (Å²) in [6.45, 7) is 4.99. The monoisotopic (exact) mass is 374 g/mol. The Bertz CT molecular complexity index is 519. The molecule has 0 aromatic heterocycles. The van der Waals surface area contributed by atoms with Crippen LogP contribution in [0.4, 0.5) is 0 Å². The van der Waals surface area contributed by atoms with E-state index in [1.165, 1.54) is 6.92 Å². The van der Waals surface area contributed by atoms with E-state index in [9.17, 15) is 24.6 Å². The van der Waals surface area contributed by atoms with Crippen molar-refractivity contribution in [2.45, 2.75) is 57.8 Å². The molecule has 10 N–H and O–H groups in total. The Kier molecular flexibility index (Phi) is 10.2. The first kappa shape index (κ1) is 23.6. The number of nitrogens with two attached hydrogens (primary N) is 3. The fourth-order valence-electron chi connectivity index (χ4n) is 1.98. The van der Waals surface area contributed by atoms with E-state index in [1.807, 2.05) is 0 Å². The number of aliphatic carboxylic acids is 1. The average molecular weight is 374 g/mol. The Morgan fingerprint density at radius 1 is 1.08 bits per heavy atom. The smallest absolute Gasteiger partial charge is 0.326 e. The van der Waals surface area contributed by atoms with Crippen LogP contribution < -0.4 is 27.8 Å². The SMILES string of the molecule is CC(C)C(N)C(=O)NC(C(=O)NC(CCCN=C(N)N)C(=O)O)C(C)O. The van der Waals surface area contributed by atoms with E-state index in [-0.39, 0.29) is 24.8 Å². The summed E-state index contributed by atoms with van der Waals surface area (Å²) in [5.74, 6) is -2.97. The van der Waals surface area contributed by atoms with E-state index in [1.54, 1.807) is 13.8 Å². The lowest BCUT2D eigenvalue weighted by molar-refractivity contribution is -0.143. The van der Waals surface area contributed by atoms with Gasteiger partial charge in [0, 0.05) is 6.54 Å². The molecule has 11 nitrogen and oxygen atoms in total. The number of rotatable bonds is 11. The van der Waals surface area contributed by atoms with Crippen molar-refractivity contribution in [3.8, 4) is 0 Å². The maximum Gasteiger partial charge on any atom is 0.326 e. The maximum absolute atomic E-state index is 12.3. The van der Waals surface area contributed by atoms with Gasteiger partial charge in [0.25, 0.3) is 0 Å². The first-order valence-corrected chi connectivity index (χ1v) is 8.30. The van der Waals surface area contributed by atoms with Crippen LogP contribution >= 0.6 is 0 Å². The van der Waals surface area contributed by atoms with E-state index in [0.717, 1.165) is 0 Å². The molecule has 0 saturated carbocycles. The number of hydrogen-bond acceptors (Lipinski definition) is 6. The molecule has 150 valence electrons. The largest absolute Gasteiger partial charge is 0.480 e. The van der Waals surface area contributed by atoms with Gasteiger partial charge in [-0.1, -0.05) is 13.8 Å². The van der Waals surface area contributed by atoms with Crippen LogP contribution in [0.1, 0.15) is 33.6 Å². The molecule has 0 aliphatic carbocycles. The minimum Gasteiger partial charge on any atom is -0.480 e. The number of aliphatic hydroxyl groups excluding tert-OH is 1. The number of carboxylic acid groups (broad SMARTS) is 1. The number of carbonyl (C=O) groups is 3. The summed E-state index contributed by atoms with van der Waals surface area (Å²) in [5.41, 5.74) is 16.1. The lowest BCUT2D eigenvalue weighted by Crippen LogP contribution is -2.58. The normalized spacial score (nSPS) is 15.5. The molecule has 0 spiro atoms. The lowest BCUT2D eigenvalue weighted by atomic mass is 10.0. The fraction of sp³-hybridized carbons (Fsp3) is 0.733. The minimum absolute atomic E-state index is 0.0733. The van der Waals surface area contributed by atoms with Crippen molar-refractivity contribution in [1.82, 2.24) is 10.6 Å². The number of aliphatic hydroxyl groups is 1. The third-order valence-corrected chi connectivity index (χ3v) is 3.64. The van der Waals surface area contributed by atoms with Gasteiger partial charge in [0.1, 0.15) is 12.1 Å². The summed E-state index contributed by atoms with van der Waals surface area (Å²) >= 11 is 0. The van der Waals surface area contributed by atoms with E-state index >= 15 is 0 Å². The second kappa shape index (κ2) is 11.3.